The fraction of sp³-hybridized carbons (Fsp3) is 0.409. The molecular weight excluding hydrogens is 327 g/mol. The maximum absolute atomic E-state index is 13.7. The van der Waals surface area contributed by atoms with Crippen LogP contribution in [0.1, 0.15) is 33.1 Å². The van der Waals surface area contributed by atoms with E-state index in [4.69, 9.17) is 0 Å². The molecule has 2 saturated heterocycles. The summed E-state index contributed by atoms with van der Waals surface area (Å²) in [4.78, 5) is 17.4. The highest BCUT2D eigenvalue weighted by Gasteiger charge is 2.47. The minimum atomic E-state index is -0.194. The standard InChI is InChI=1S/C22H25FN2O/c1-14-7-8-15(2)19(9-14)22(26)25-12-17-11-24(3)21(20(17)13-25)16-5-4-6-18(23)10-16/h4-10,17,20-21H,11-13H2,1-3H3/t17-,20+,21-/m0/s1. The summed E-state index contributed by atoms with van der Waals surface area (Å²) >= 11 is 0. The summed E-state index contributed by atoms with van der Waals surface area (Å²) in [6, 6.07) is 13.1. The van der Waals surface area contributed by atoms with E-state index in [9.17, 15) is 9.18 Å². The van der Waals surface area contributed by atoms with Crippen molar-refractivity contribution in [1.82, 2.24) is 9.80 Å². The van der Waals surface area contributed by atoms with Crippen LogP contribution in [-0.2, 0) is 0 Å². The van der Waals surface area contributed by atoms with Crippen molar-refractivity contribution in [2.45, 2.75) is 19.9 Å². The molecule has 0 spiro atoms. The first-order chi connectivity index (χ1) is 12.4. The van der Waals surface area contributed by atoms with Crippen molar-refractivity contribution in [1.29, 1.82) is 0 Å². The van der Waals surface area contributed by atoms with E-state index in [1.54, 1.807) is 12.1 Å². The average molecular weight is 352 g/mol. The van der Waals surface area contributed by atoms with E-state index in [0.29, 0.717) is 11.8 Å². The molecule has 2 heterocycles. The summed E-state index contributed by atoms with van der Waals surface area (Å²) in [6.07, 6.45) is 0. The second-order valence-electron chi connectivity index (χ2n) is 7.89. The van der Waals surface area contributed by atoms with Gasteiger partial charge in [-0.15, -0.1) is 0 Å². The van der Waals surface area contributed by atoms with Crippen LogP contribution in [0.4, 0.5) is 4.39 Å². The molecule has 3 atom stereocenters. The van der Waals surface area contributed by atoms with Crippen molar-refractivity contribution in [3.63, 3.8) is 0 Å². The van der Waals surface area contributed by atoms with Crippen molar-refractivity contribution in [2.75, 3.05) is 26.7 Å². The van der Waals surface area contributed by atoms with Gasteiger partial charge in [0, 0.05) is 37.2 Å². The molecule has 2 aliphatic heterocycles. The van der Waals surface area contributed by atoms with Crippen molar-refractivity contribution >= 4 is 5.91 Å². The van der Waals surface area contributed by atoms with E-state index in [-0.39, 0.29) is 17.8 Å². The zero-order valence-corrected chi connectivity index (χ0v) is 15.6. The normalized spacial score (nSPS) is 25.5. The number of benzene rings is 2. The van der Waals surface area contributed by atoms with E-state index in [0.717, 1.165) is 41.9 Å². The van der Waals surface area contributed by atoms with Gasteiger partial charge in [-0.1, -0.05) is 29.8 Å². The molecule has 1 amide bonds. The second kappa shape index (κ2) is 6.51. The number of carbonyl (C=O) groups is 1. The van der Waals surface area contributed by atoms with Crippen LogP contribution in [0.5, 0.6) is 0 Å². The number of amides is 1. The van der Waals surface area contributed by atoms with E-state index in [1.165, 1.54) is 6.07 Å². The predicted molar refractivity (Wildman–Crippen MR) is 101 cm³/mol. The Morgan fingerprint density at radius 1 is 1.08 bits per heavy atom. The number of fused-ring (bicyclic) bond motifs is 1. The summed E-state index contributed by atoms with van der Waals surface area (Å²) < 4.78 is 13.7. The number of hydrogen-bond acceptors (Lipinski definition) is 2. The highest BCUT2D eigenvalue weighted by atomic mass is 19.1. The third-order valence-electron chi connectivity index (χ3n) is 6.00. The zero-order chi connectivity index (χ0) is 18.4. The van der Waals surface area contributed by atoms with E-state index >= 15 is 0 Å². The summed E-state index contributed by atoms with van der Waals surface area (Å²) in [6.45, 7) is 6.48. The number of aryl methyl sites for hydroxylation is 2. The van der Waals surface area contributed by atoms with Gasteiger partial charge >= 0.3 is 0 Å². The average Bonchev–Trinajstić information content (AvgIpc) is 3.13. The minimum absolute atomic E-state index is 0.126. The van der Waals surface area contributed by atoms with Crippen LogP contribution in [0.3, 0.4) is 0 Å². The van der Waals surface area contributed by atoms with Gasteiger partial charge in [-0.3, -0.25) is 9.69 Å². The van der Waals surface area contributed by atoms with Crippen molar-refractivity contribution < 1.29 is 9.18 Å². The van der Waals surface area contributed by atoms with Crippen LogP contribution in [-0.4, -0.2) is 42.4 Å². The molecule has 4 heteroatoms. The number of halogens is 1. The lowest BCUT2D eigenvalue weighted by Crippen LogP contribution is -2.33. The van der Waals surface area contributed by atoms with Gasteiger partial charge in [-0.05, 0) is 56.1 Å². The number of rotatable bonds is 2. The minimum Gasteiger partial charge on any atom is -0.338 e. The van der Waals surface area contributed by atoms with Crippen LogP contribution in [0.2, 0.25) is 0 Å². The van der Waals surface area contributed by atoms with Gasteiger partial charge in [-0.25, -0.2) is 4.39 Å². The molecule has 2 aromatic rings. The fourth-order valence-electron chi connectivity index (χ4n) is 4.75. The lowest BCUT2D eigenvalue weighted by Gasteiger charge is -2.27. The Kier molecular flexibility index (Phi) is 4.31. The summed E-state index contributed by atoms with van der Waals surface area (Å²) in [5.74, 6) is 0.736. The van der Waals surface area contributed by atoms with Crippen LogP contribution >= 0.6 is 0 Å². The molecule has 0 aliphatic carbocycles. The number of likely N-dealkylation sites (tertiary alicyclic amines) is 2. The highest BCUT2D eigenvalue weighted by molar-refractivity contribution is 5.96. The summed E-state index contributed by atoms with van der Waals surface area (Å²) in [7, 11) is 2.10. The molecule has 0 bridgehead atoms. The Morgan fingerprint density at radius 2 is 1.88 bits per heavy atom. The molecule has 0 saturated carbocycles. The Labute approximate surface area is 154 Å². The van der Waals surface area contributed by atoms with E-state index in [2.05, 4.69) is 11.9 Å². The predicted octanol–water partition coefficient (Wildman–Crippen LogP) is 3.82. The van der Waals surface area contributed by atoms with Crippen molar-refractivity contribution in [3.05, 3.63) is 70.5 Å². The monoisotopic (exact) mass is 352 g/mol. The van der Waals surface area contributed by atoms with Gasteiger partial charge in [0.25, 0.3) is 5.91 Å². The van der Waals surface area contributed by atoms with Crippen LogP contribution in [0.25, 0.3) is 0 Å². The second-order valence-corrected chi connectivity index (χ2v) is 7.89. The Hall–Kier alpha value is -2.20. The van der Waals surface area contributed by atoms with Gasteiger partial charge in [0.2, 0.25) is 0 Å². The quantitative estimate of drug-likeness (QED) is 0.820. The van der Waals surface area contributed by atoms with Gasteiger partial charge in [0.1, 0.15) is 5.82 Å². The summed E-state index contributed by atoms with van der Waals surface area (Å²) in [5.41, 5.74) is 3.95. The lowest BCUT2D eigenvalue weighted by molar-refractivity contribution is 0.0767. The topological polar surface area (TPSA) is 23.6 Å². The molecule has 0 radical (unpaired) electrons. The highest BCUT2D eigenvalue weighted by Crippen LogP contribution is 2.44. The van der Waals surface area contributed by atoms with Crippen LogP contribution < -0.4 is 0 Å². The fourth-order valence-corrected chi connectivity index (χ4v) is 4.75. The van der Waals surface area contributed by atoms with E-state index in [1.807, 2.05) is 43.0 Å². The molecule has 2 aliphatic rings. The molecule has 2 fully saturated rings. The smallest absolute Gasteiger partial charge is 0.254 e. The van der Waals surface area contributed by atoms with Gasteiger partial charge < -0.3 is 4.90 Å². The van der Waals surface area contributed by atoms with Crippen LogP contribution in [0.15, 0.2) is 42.5 Å². The lowest BCUT2D eigenvalue weighted by atomic mass is 9.89. The van der Waals surface area contributed by atoms with Gasteiger partial charge in [0.15, 0.2) is 0 Å². The molecule has 2 aromatic carbocycles. The third kappa shape index (κ3) is 2.92. The van der Waals surface area contributed by atoms with Crippen molar-refractivity contribution in [2.24, 2.45) is 11.8 Å². The maximum atomic E-state index is 13.7. The Morgan fingerprint density at radius 3 is 2.65 bits per heavy atom. The zero-order valence-electron chi connectivity index (χ0n) is 15.6. The Balaban J connectivity index is 1.58. The first-order valence-electron chi connectivity index (χ1n) is 9.26. The third-order valence-corrected chi connectivity index (χ3v) is 6.00. The molecule has 0 N–H and O–H groups in total. The first-order valence-corrected chi connectivity index (χ1v) is 9.26. The molecule has 3 nitrogen and oxygen atoms in total. The summed E-state index contributed by atoms with van der Waals surface area (Å²) in [5, 5.41) is 0. The van der Waals surface area contributed by atoms with Crippen molar-refractivity contribution in [3.8, 4) is 0 Å². The molecule has 0 unspecified atom stereocenters. The van der Waals surface area contributed by atoms with Crippen LogP contribution in [0, 0.1) is 31.5 Å². The molecule has 26 heavy (non-hydrogen) atoms. The molecule has 136 valence electrons. The number of hydrogen-bond donors (Lipinski definition) is 0. The molecular formula is C22H25FN2O. The van der Waals surface area contributed by atoms with E-state index < -0.39 is 0 Å². The number of nitrogens with zero attached hydrogens (tertiary/aromatic N) is 2. The molecule has 0 aromatic heterocycles. The first kappa shape index (κ1) is 17.2. The molecule has 4 rings (SSSR count). The SMILES string of the molecule is Cc1ccc(C)c(C(=O)N2C[C@@H]3CN(C)[C@@H](c4cccc(F)c4)[C@@H]3C2)c1. The number of carbonyl (C=O) groups excluding carboxylic acids is 1. The largest absolute Gasteiger partial charge is 0.338 e. The van der Waals surface area contributed by atoms with Gasteiger partial charge in [-0.2, -0.15) is 0 Å². The maximum Gasteiger partial charge on any atom is 0.254 e. The van der Waals surface area contributed by atoms with Gasteiger partial charge in [0.05, 0.1) is 0 Å². The Bertz CT molecular complexity index is 850.